The number of hydrogen-bond donors (Lipinski definition) is 1. The molecule has 0 spiro atoms. The molecule has 17 heavy (non-hydrogen) atoms. The van der Waals surface area contributed by atoms with Gasteiger partial charge in [0.25, 0.3) is 0 Å². The van der Waals surface area contributed by atoms with Crippen molar-refractivity contribution in [2.45, 2.75) is 25.9 Å². The molecule has 1 atom stereocenters. The van der Waals surface area contributed by atoms with Crippen molar-refractivity contribution >= 4 is 11.6 Å². The zero-order valence-electron chi connectivity index (χ0n) is 9.30. The number of aliphatic hydroxyl groups is 1. The molecule has 2 aromatic heterocycles. The van der Waals surface area contributed by atoms with E-state index in [4.69, 9.17) is 21.2 Å². The van der Waals surface area contributed by atoms with Gasteiger partial charge in [-0.3, -0.25) is 4.98 Å². The lowest BCUT2D eigenvalue weighted by atomic mass is 10.2. The molecule has 2 rings (SSSR count). The lowest BCUT2D eigenvalue weighted by molar-refractivity contribution is 0.180. The number of aliphatic hydroxyl groups excluding tert-OH is 1. The van der Waals surface area contributed by atoms with Gasteiger partial charge in [-0.2, -0.15) is 4.98 Å². The number of rotatable bonds is 4. The summed E-state index contributed by atoms with van der Waals surface area (Å²) < 4.78 is 5.05. The van der Waals surface area contributed by atoms with Crippen LogP contribution in [0.1, 0.15) is 19.2 Å². The fourth-order valence-corrected chi connectivity index (χ4v) is 1.54. The Morgan fingerprint density at radius 3 is 3.06 bits per heavy atom. The minimum atomic E-state index is -0.385. The van der Waals surface area contributed by atoms with Crippen molar-refractivity contribution in [3.8, 4) is 11.5 Å². The molecule has 0 aromatic carbocycles. The van der Waals surface area contributed by atoms with Crippen molar-refractivity contribution in [2.24, 2.45) is 0 Å². The minimum absolute atomic E-state index is 0.371. The summed E-state index contributed by atoms with van der Waals surface area (Å²) in [6, 6.07) is 3.45. The van der Waals surface area contributed by atoms with Crippen LogP contribution in [0.3, 0.4) is 0 Å². The number of pyridine rings is 1. The van der Waals surface area contributed by atoms with Crippen LogP contribution in [-0.2, 0) is 6.42 Å². The van der Waals surface area contributed by atoms with E-state index in [2.05, 4.69) is 15.1 Å². The fourth-order valence-electron chi connectivity index (χ4n) is 1.34. The molecule has 6 heteroatoms. The lowest BCUT2D eigenvalue weighted by Crippen LogP contribution is -2.01. The highest BCUT2D eigenvalue weighted by molar-refractivity contribution is 6.32. The van der Waals surface area contributed by atoms with Crippen LogP contribution in [0, 0.1) is 0 Å². The molecule has 2 heterocycles. The predicted molar refractivity (Wildman–Crippen MR) is 62.5 cm³/mol. The van der Waals surface area contributed by atoms with Crippen molar-refractivity contribution < 1.29 is 9.63 Å². The van der Waals surface area contributed by atoms with E-state index in [1.165, 1.54) is 0 Å². The third-order valence-electron chi connectivity index (χ3n) is 2.21. The zero-order valence-corrected chi connectivity index (χ0v) is 10.1. The van der Waals surface area contributed by atoms with Gasteiger partial charge >= 0.3 is 0 Å². The van der Waals surface area contributed by atoms with E-state index in [0.717, 1.165) is 0 Å². The Bertz CT molecular complexity index is 499. The maximum absolute atomic E-state index is 9.16. The normalized spacial score (nSPS) is 12.6. The Morgan fingerprint density at radius 2 is 2.35 bits per heavy atom. The summed E-state index contributed by atoms with van der Waals surface area (Å²) in [5.74, 6) is 0.846. The summed E-state index contributed by atoms with van der Waals surface area (Å²) in [4.78, 5) is 8.27. The molecule has 90 valence electrons. The molecule has 5 nitrogen and oxygen atoms in total. The Hall–Kier alpha value is -1.46. The topological polar surface area (TPSA) is 72.0 Å². The fraction of sp³-hybridized carbons (Fsp3) is 0.364. The van der Waals surface area contributed by atoms with Crippen LogP contribution in [0.5, 0.6) is 0 Å². The second-order valence-corrected chi connectivity index (χ2v) is 4.14. The van der Waals surface area contributed by atoms with Crippen LogP contribution >= 0.6 is 11.6 Å². The average molecular weight is 254 g/mol. The van der Waals surface area contributed by atoms with E-state index in [0.29, 0.717) is 35.3 Å². The first-order valence-corrected chi connectivity index (χ1v) is 5.66. The van der Waals surface area contributed by atoms with Crippen LogP contribution in [0.15, 0.2) is 22.9 Å². The first-order valence-electron chi connectivity index (χ1n) is 5.28. The lowest BCUT2D eigenvalue weighted by Gasteiger charge is -1.98. The molecule has 0 aliphatic carbocycles. The van der Waals surface area contributed by atoms with Gasteiger partial charge in [0, 0.05) is 12.6 Å². The summed E-state index contributed by atoms with van der Waals surface area (Å²) in [6.07, 6.45) is 2.35. The summed E-state index contributed by atoms with van der Waals surface area (Å²) >= 11 is 5.97. The molecule has 0 amide bonds. The van der Waals surface area contributed by atoms with Gasteiger partial charge in [-0.1, -0.05) is 16.8 Å². The highest BCUT2D eigenvalue weighted by Crippen LogP contribution is 2.22. The van der Waals surface area contributed by atoms with Crippen LogP contribution in [0.25, 0.3) is 11.5 Å². The SMILES string of the molecule is CC(O)CCc1nc(-c2ncccc2Cl)no1. The molecule has 0 saturated carbocycles. The molecule has 0 fully saturated rings. The molecule has 1 unspecified atom stereocenters. The quantitative estimate of drug-likeness (QED) is 0.903. The third kappa shape index (κ3) is 3.01. The predicted octanol–water partition coefficient (Wildman–Crippen LogP) is 2.10. The van der Waals surface area contributed by atoms with Gasteiger partial charge in [-0.25, -0.2) is 0 Å². The highest BCUT2D eigenvalue weighted by atomic mass is 35.5. The van der Waals surface area contributed by atoms with E-state index < -0.39 is 0 Å². The number of aromatic nitrogens is 3. The zero-order chi connectivity index (χ0) is 12.3. The largest absolute Gasteiger partial charge is 0.393 e. The van der Waals surface area contributed by atoms with Crippen LogP contribution < -0.4 is 0 Å². The van der Waals surface area contributed by atoms with Crippen molar-refractivity contribution in [1.29, 1.82) is 0 Å². The monoisotopic (exact) mass is 253 g/mol. The maximum atomic E-state index is 9.16. The van der Waals surface area contributed by atoms with E-state index >= 15 is 0 Å². The Balaban J connectivity index is 2.16. The number of aryl methyl sites for hydroxylation is 1. The van der Waals surface area contributed by atoms with Crippen molar-refractivity contribution in [1.82, 2.24) is 15.1 Å². The van der Waals surface area contributed by atoms with Gasteiger partial charge in [0.05, 0.1) is 11.1 Å². The number of nitrogens with zero attached hydrogens (tertiary/aromatic N) is 3. The molecule has 0 aliphatic heterocycles. The molecule has 0 aliphatic rings. The van der Waals surface area contributed by atoms with E-state index in [-0.39, 0.29) is 6.10 Å². The van der Waals surface area contributed by atoms with Gasteiger partial charge in [0.1, 0.15) is 5.69 Å². The molecule has 0 radical (unpaired) electrons. The number of hydrogen-bond acceptors (Lipinski definition) is 5. The standard InChI is InChI=1S/C11H12ClN3O2/c1-7(16)4-5-9-14-11(15-17-9)10-8(12)3-2-6-13-10/h2-3,6-7,16H,4-5H2,1H3. The molecule has 2 aromatic rings. The minimum Gasteiger partial charge on any atom is -0.393 e. The molecule has 0 bridgehead atoms. The maximum Gasteiger partial charge on any atom is 0.227 e. The first-order chi connectivity index (χ1) is 8.16. The van der Waals surface area contributed by atoms with Crippen LogP contribution in [0.4, 0.5) is 0 Å². The second-order valence-electron chi connectivity index (χ2n) is 3.73. The summed E-state index contributed by atoms with van der Waals surface area (Å²) in [5.41, 5.74) is 0.501. The van der Waals surface area contributed by atoms with Crippen molar-refractivity contribution in [2.75, 3.05) is 0 Å². The smallest absolute Gasteiger partial charge is 0.227 e. The Labute approximate surface area is 103 Å². The van der Waals surface area contributed by atoms with Gasteiger partial charge < -0.3 is 9.63 Å². The molecular weight excluding hydrogens is 242 g/mol. The molecule has 1 N–H and O–H groups in total. The second kappa shape index (κ2) is 5.25. The summed E-state index contributed by atoms with van der Waals surface area (Å²) in [5, 5.41) is 13.5. The third-order valence-corrected chi connectivity index (χ3v) is 2.52. The highest BCUT2D eigenvalue weighted by Gasteiger charge is 2.13. The van der Waals surface area contributed by atoms with Gasteiger partial charge in [-0.15, -0.1) is 0 Å². The Kier molecular flexibility index (Phi) is 3.71. The Morgan fingerprint density at radius 1 is 1.53 bits per heavy atom. The average Bonchev–Trinajstić information content (AvgIpc) is 2.75. The van der Waals surface area contributed by atoms with Gasteiger partial charge in [-0.05, 0) is 25.5 Å². The van der Waals surface area contributed by atoms with Crippen molar-refractivity contribution in [3.63, 3.8) is 0 Å². The van der Waals surface area contributed by atoms with E-state index in [9.17, 15) is 0 Å². The van der Waals surface area contributed by atoms with Gasteiger partial charge in [0.15, 0.2) is 0 Å². The van der Waals surface area contributed by atoms with Gasteiger partial charge in [0.2, 0.25) is 11.7 Å². The molecule has 0 saturated heterocycles. The van der Waals surface area contributed by atoms with E-state index in [1.54, 1.807) is 25.3 Å². The summed E-state index contributed by atoms with van der Waals surface area (Å²) in [6.45, 7) is 1.72. The van der Waals surface area contributed by atoms with Crippen LogP contribution in [-0.4, -0.2) is 26.3 Å². The molecular formula is C11H12ClN3O2. The van der Waals surface area contributed by atoms with Crippen LogP contribution in [0.2, 0.25) is 5.02 Å². The van der Waals surface area contributed by atoms with E-state index in [1.807, 2.05) is 0 Å². The summed E-state index contributed by atoms with van der Waals surface area (Å²) in [7, 11) is 0. The number of halogens is 1. The van der Waals surface area contributed by atoms with Crippen molar-refractivity contribution in [3.05, 3.63) is 29.2 Å². The first kappa shape index (κ1) is 12.0.